The maximum absolute atomic E-state index is 5.88. The predicted octanol–water partition coefficient (Wildman–Crippen LogP) is 4.01. The molecule has 0 fully saturated rings. The molecule has 0 spiro atoms. The average molecular weight is 343 g/mol. The maximum atomic E-state index is 5.88. The molecule has 0 atom stereocenters. The number of nitrogens with zero attached hydrogens (tertiary/aromatic N) is 1. The zero-order chi connectivity index (χ0) is 16.8. The van der Waals surface area contributed by atoms with Crippen molar-refractivity contribution in [1.29, 1.82) is 0 Å². The molecular formula is C18H19ClN4O. The highest BCUT2D eigenvalue weighted by atomic mass is 35.5. The van der Waals surface area contributed by atoms with E-state index in [0.29, 0.717) is 19.6 Å². The second kappa shape index (κ2) is 7.86. The van der Waals surface area contributed by atoms with Gasteiger partial charge >= 0.3 is 0 Å². The highest BCUT2D eigenvalue weighted by molar-refractivity contribution is 6.30. The third-order valence-corrected chi connectivity index (χ3v) is 3.82. The summed E-state index contributed by atoms with van der Waals surface area (Å²) in [6.07, 6.45) is 3.45. The summed E-state index contributed by atoms with van der Waals surface area (Å²) < 4.78 is 5.55. The fourth-order valence-electron chi connectivity index (χ4n) is 2.25. The molecule has 0 radical (unpaired) electrons. The number of benzene rings is 1. The first-order valence-corrected chi connectivity index (χ1v) is 8.05. The van der Waals surface area contributed by atoms with E-state index in [9.17, 15) is 0 Å². The van der Waals surface area contributed by atoms with Gasteiger partial charge in [-0.3, -0.25) is 0 Å². The van der Waals surface area contributed by atoms with Crippen LogP contribution in [0.1, 0.15) is 16.9 Å². The van der Waals surface area contributed by atoms with Crippen LogP contribution in [-0.2, 0) is 19.6 Å². The minimum atomic E-state index is 0.497. The Morgan fingerprint density at radius 1 is 1.00 bits per heavy atom. The monoisotopic (exact) mass is 342 g/mol. The molecule has 0 aliphatic rings. The molecule has 0 bridgehead atoms. The Balaban J connectivity index is 1.52. The Bertz CT molecular complexity index is 786. The number of nitrogens with two attached hydrogens (primary N) is 1. The van der Waals surface area contributed by atoms with E-state index >= 15 is 0 Å². The molecule has 4 N–H and O–H groups in total. The van der Waals surface area contributed by atoms with E-state index in [2.05, 4.69) is 15.6 Å². The quantitative estimate of drug-likeness (QED) is 0.604. The first kappa shape index (κ1) is 16.4. The topological polar surface area (TPSA) is 76.1 Å². The maximum Gasteiger partial charge on any atom is 0.126 e. The third-order valence-electron chi connectivity index (χ3n) is 3.57. The molecule has 0 saturated carbocycles. The van der Waals surface area contributed by atoms with Crippen molar-refractivity contribution in [2.24, 2.45) is 5.73 Å². The lowest BCUT2D eigenvalue weighted by atomic mass is 10.2. The number of hydrogen-bond donors (Lipinski definition) is 3. The van der Waals surface area contributed by atoms with Gasteiger partial charge in [-0.05, 0) is 35.4 Å². The number of pyridine rings is 1. The molecule has 2 aromatic heterocycles. The van der Waals surface area contributed by atoms with Crippen molar-refractivity contribution < 1.29 is 4.42 Å². The van der Waals surface area contributed by atoms with Gasteiger partial charge in [0, 0.05) is 30.4 Å². The normalized spacial score (nSPS) is 10.6. The molecule has 0 aliphatic carbocycles. The van der Waals surface area contributed by atoms with Gasteiger partial charge in [-0.2, -0.15) is 0 Å². The number of hydrogen-bond acceptors (Lipinski definition) is 5. The summed E-state index contributed by atoms with van der Waals surface area (Å²) in [5.41, 5.74) is 8.76. The Labute approximate surface area is 145 Å². The largest absolute Gasteiger partial charge is 0.465 e. The fourth-order valence-corrected chi connectivity index (χ4v) is 2.37. The zero-order valence-corrected chi connectivity index (χ0v) is 13.9. The Morgan fingerprint density at radius 2 is 1.83 bits per heavy atom. The summed E-state index contributed by atoms with van der Waals surface area (Å²) in [7, 11) is 0. The Morgan fingerprint density at radius 3 is 2.62 bits per heavy atom. The highest BCUT2D eigenvalue weighted by Gasteiger charge is 2.03. The van der Waals surface area contributed by atoms with Gasteiger partial charge in [0.2, 0.25) is 0 Å². The van der Waals surface area contributed by atoms with Crippen LogP contribution in [0.4, 0.5) is 11.5 Å². The summed E-state index contributed by atoms with van der Waals surface area (Å²) in [6.45, 7) is 1.77. The van der Waals surface area contributed by atoms with Crippen molar-refractivity contribution in [3.8, 4) is 0 Å². The van der Waals surface area contributed by atoms with Crippen molar-refractivity contribution in [3.05, 3.63) is 76.8 Å². The number of furan rings is 1. The minimum Gasteiger partial charge on any atom is -0.465 e. The molecule has 124 valence electrons. The van der Waals surface area contributed by atoms with Gasteiger partial charge in [0.05, 0.1) is 12.2 Å². The van der Waals surface area contributed by atoms with Crippen LogP contribution in [0.5, 0.6) is 0 Å². The van der Waals surface area contributed by atoms with E-state index in [1.54, 1.807) is 12.5 Å². The SMILES string of the molecule is NCc1ccnc(NCc2cc(NCc3ccc(Cl)cc3)co2)c1. The first-order valence-electron chi connectivity index (χ1n) is 7.67. The lowest BCUT2D eigenvalue weighted by molar-refractivity contribution is 0.518. The zero-order valence-electron chi connectivity index (χ0n) is 13.1. The van der Waals surface area contributed by atoms with Crippen LogP contribution >= 0.6 is 11.6 Å². The van der Waals surface area contributed by atoms with Crippen molar-refractivity contribution in [1.82, 2.24) is 4.98 Å². The van der Waals surface area contributed by atoms with E-state index in [1.165, 1.54) is 0 Å². The standard InChI is InChI=1S/C18H19ClN4O/c19-15-3-1-13(2-4-15)10-22-16-8-17(24-12-16)11-23-18-7-14(9-20)5-6-21-18/h1-8,12,22H,9-11,20H2,(H,21,23). The van der Waals surface area contributed by atoms with Gasteiger partial charge in [0.15, 0.2) is 0 Å². The van der Waals surface area contributed by atoms with Gasteiger partial charge in [0.25, 0.3) is 0 Å². The minimum absolute atomic E-state index is 0.497. The number of halogens is 1. The van der Waals surface area contributed by atoms with Crippen LogP contribution in [0.25, 0.3) is 0 Å². The molecule has 0 aliphatic heterocycles. The van der Waals surface area contributed by atoms with Gasteiger partial charge in [0.1, 0.15) is 17.8 Å². The molecule has 2 heterocycles. The third kappa shape index (κ3) is 4.50. The number of anilines is 2. The number of rotatable bonds is 7. The second-order valence-corrected chi connectivity index (χ2v) is 5.83. The molecule has 3 rings (SSSR count). The predicted molar refractivity (Wildman–Crippen MR) is 96.9 cm³/mol. The summed E-state index contributed by atoms with van der Waals surface area (Å²) in [6, 6.07) is 13.6. The summed E-state index contributed by atoms with van der Waals surface area (Å²) >= 11 is 5.88. The van der Waals surface area contributed by atoms with Crippen LogP contribution < -0.4 is 16.4 Å². The molecule has 24 heavy (non-hydrogen) atoms. The smallest absolute Gasteiger partial charge is 0.126 e. The molecule has 3 aromatic rings. The Kier molecular flexibility index (Phi) is 5.36. The summed E-state index contributed by atoms with van der Waals surface area (Å²) in [5, 5.41) is 7.29. The number of aromatic nitrogens is 1. The molecule has 5 nitrogen and oxygen atoms in total. The fraction of sp³-hybridized carbons (Fsp3) is 0.167. The van der Waals surface area contributed by atoms with Crippen molar-refractivity contribution >= 4 is 23.1 Å². The van der Waals surface area contributed by atoms with Crippen LogP contribution in [0.15, 0.2) is 59.3 Å². The molecule has 1 aromatic carbocycles. The van der Waals surface area contributed by atoms with Gasteiger partial charge in [-0.1, -0.05) is 23.7 Å². The van der Waals surface area contributed by atoms with Crippen LogP contribution in [0.2, 0.25) is 5.02 Å². The van der Waals surface area contributed by atoms with E-state index in [0.717, 1.165) is 33.4 Å². The van der Waals surface area contributed by atoms with Gasteiger partial charge in [-0.25, -0.2) is 4.98 Å². The van der Waals surface area contributed by atoms with E-state index in [-0.39, 0.29) is 0 Å². The van der Waals surface area contributed by atoms with Gasteiger partial charge < -0.3 is 20.8 Å². The average Bonchev–Trinajstić information content (AvgIpc) is 3.08. The van der Waals surface area contributed by atoms with Crippen molar-refractivity contribution in [2.75, 3.05) is 10.6 Å². The number of nitrogens with one attached hydrogen (secondary N) is 2. The molecule has 0 saturated heterocycles. The first-order chi connectivity index (χ1) is 11.7. The Hall–Kier alpha value is -2.50. The van der Waals surface area contributed by atoms with Crippen LogP contribution in [0, 0.1) is 0 Å². The molecule has 0 amide bonds. The lowest BCUT2D eigenvalue weighted by Gasteiger charge is -2.05. The summed E-state index contributed by atoms with van der Waals surface area (Å²) in [5.74, 6) is 1.61. The van der Waals surface area contributed by atoms with E-state index in [4.69, 9.17) is 21.8 Å². The molecule has 6 heteroatoms. The lowest BCUT2D eigenvalue weighted by Crippen LogP contribution is -2.03. The van der Waals surface area contributed by atoms with Crippen LogP contribution in [0.3, 0.4) is 0 Å². The highest BCUT2D eigenvalue weighted by Crippen LogP contribution is 2.17. The van der Waals surface area contributed by atoms with Crippen molar-refractivity contribution in [3.63, 3.8) is 0 Å². The van der Waals surface area contributed by atoms with Crippen LogP contribution in [-0.4, -0.2) is 4.98 Å². The summed E-state index contributed by atoms with van der Waals surface area (Å²) in [4.78, 5) is 4.26. The van der Waals surface area contributed by atoms with E-state index < -0.39 is 0 Å². The molecular weight excluding hydrogens is 324 g/mol. The van der Waals surface area contributed by atoms with Gasteiger partial charge in [-0.15, -0.1) is 0 Å². The molecule has 0 unspecified atom stereocenters. The second-order valence-electron chi connectivity index (χ2n) is 5.39. The van der Waals surface area contributed by atoms with E-state index in [1.807, 2.05) is 42.5 Å². The van der Waals surface area contributed by atoms with Crippen molar-refractivity contribution in [2.45, 2.75) is 19.6 Å².